The monoisotopic (exact) mass is 928 g/mol. The molecule has 10 heteroatoms. The number of hydrogen-bond donors (Lipinski definition) is 3. The zero-order valence-corrected chi connectivity index (χ0v) is 43.2. The number of aliphatic hydroxyl groups is 1. The maximum absolute atomic E-state index is 12.2. The van der Waals surface area contributed by atoms with Gasteiger partial charge in [-0.15, -0.1) is 0 Å². The lowest BCUT2D eigenvalue weighted by Gasteiger charge is -2.15. The Morgan fingerprint density at radius 3 is 1.17 bits per heavy atom. The van der Waals surface area contributed by atoms with Crippen LogP contribution in [0.2, 0.25) is 0 Å². The van der Waals surface area contributed by atoms with Crippen molar-refractivity contribution in [3.8, 4) is 0 Å². The van der Waals surface area contributed by atoms with E-state index >= 15 is 0 Å². The van der Waals surface area contributed by atoms with Gasteiger partial charge in [0.15, 0.2) is 0 Å². The molecule has 0 saturated carbocycles. The fraction of sp³-hybridized carbons (Fsp3) is 0.926. The first-order valence-electron chi connectivity index (χ1n) is 27.7. The Morgan fingerprint density at radius 2 is 0.797 bits per heavy atom. The smallest absolute Gasteiger partial charge is 0.463 e. The van der Waals surface area contributed by atoms with Crippen molar-refractivity contribution in [1.82, 2.24) is 5.32 Å². The van der Waals surface area contributed by atoms with Gasteiger partial charge in [-0.05, 0) is 38.5 Å². The molecule has 0 aromatic rings. The SMILES string of the molecule is CCCCCCCC/C=C/CCCCCCCCCCCC(=O)NCCOP(=O)(O)OCC(O)COC(=O)CCCCCCCCCCCCCCCCCCCCCCCCCC. The number of unbranched alkanes of at least 4 members (excludes halogenated alkanes) is 38. The van der Waals surface area contributed by atoms with E-state index in [0.717, 1.165) is 38.5 Å². The second kappa shape index (κ2) is 51.1. The van der Waals surface area contributed by atoms with Gasteiger partial charge in [-0.2, -0.15) is 0 Å². The maximum Gasteiger partial charge on any atom is 0.472 e. The fourth-order valence-corrected chi connectivity index (χ4v) is 9.02. The summed E-state index contributed by atoms with van der Waals surface area (Å²) in [5.74, 6) is -0.503. The molecule has 380 valence electrons. The Labute approximate surface area is 396 Å². The molecular formula is C54H106NO8P. The molecule has 0 aliphatic heterocycles. The molecule has 64 heavy (non-hydrogen) atoms. The molecule has 2 unspecified atom stereocenters. The molecule has 9 nitrogen and oxygen atoms in total. The van der Waals surface area contributed by atoms with Crippen LogP contribution in [0.3, 0.4) is 0 Å². The summed E-state index contributed by atoms with van der Waals surface area (Å²) in [6.45, 7) is 3.62. The molecule has 3 N–H and O–H groups in total. The van der Waals surface area contributed by atoms with E-state index < -0.39 is 26.5 Å². The van der Waals surface area contributed by atoms with E-state index in [-0.39, 0.29) is 32.1 Å². The molecule has 1 amide bonds. The van der Waals surface area contributed by atoms with Gasteiger partial charge < -0.3 is 20.1 Å². The fourth-order valence-electron chi connectivity index (χ4n) is 8.26. The predicted octanol–water partition coefficient (Wildman–Crippen LogP) is 16.5. The lowest BCUT2D eigenvalue weighted by molar-refractivity contribution is -0.147. The number of phosphoric acid groups is 1. The number of carbonyl (C=O) groups excluding carboxylic acids is 2. The number of hydrogen-bond acceptors (Lipinski definition) is 7. The molecule has 2 atom stereocenters. The van der Waals surface area contributed by atoms with Gasteiger partial charge in [0.2, 0.25) is 5.91 Å². The molecule has 0 aliphatic carbocycles. The zero-order chi connectivity index (χ0) is 46.7. The Morgan fingerprint density at radius 1 is 0.469 bits per heavy atom. The van der Waals surface area contributed by atoms with E-state index in [0.29, 0.717) is 6.42 Å². The first-order valence-corrected chi connectivity index (χ1v) is 29.2. The highest BCUT2D eigenvalue weighted by Gasteiger charge is 2.23. The molecule has 0 aliphatic rings. The summed E-state index contributed by atoms with van der Waals surface area (Å²) in [5.41, 5.74) is 0. The van der Waals surface area contributed by atoms with Gasteiger partial charge >= 0.3 is 13.8 Å². The van der Waals surface area contributed by atoms with Crippen molar-refractivity contribution in [2.75, 3.05) is 26.4 Å². The van der Waals surface area contributed by atoms with Gasteiger partial charge in [-0.3, -0.25) is 18.6 Å². The first-order chi connectivity index (χ1) is 31.3. The van der Waals surface area contributed by atoms with Crippen molar-refractivity contribution < 1.29 is 37.9 Å². The lowest BCUT2D eigenvalue weighted by atomic mass is 10.0. The average Bonchev–Trinajstić information content (AvgIpc) is 3.28. The van der Waals surface area contributed by atoms with Crippen LogP contribution in [0.15, 0.2) is 12.2 Å². The summed E-state index contributed by atoms with van der Waals surface area (Å²) in [6.07, 6.45) is 57.3. The number of amides is 1. The van der Waals surface area contributed by atoms with Crippen LogP contribution in [0.5, 0.6) is 0 Å². The van der Waals surface area contributed by atoms with Crippen molar-refractivity contribution in [3.63, 3.8) is 0 Å². The van der Waals surface area contributed by atoms with Crippen LogP contribution < -0.4 is 5.32 Å². The lowest BCUT2D eigenvalue weighted by Crippen LogP contribution is -2.27. The molecule has 0 saturated heterocycles. The maximum atomic E-state index is 12.2. The third-order valence-electron chi connectivity index (χ3n) is 12.4. The van der Waals surface area contributed by atoms with Crippen molar-refractivity contribution in [3.05, 3.63) is 12.2 Å². The van der Waals surface area contributed by atoms with Gasteiger partial charge in [-0.25, -0.2) is 4.57 Å². The molecule has 0 rings (SSSR count). The Bertz CT molecular complexity index is 1060. The highest BCUT2D eigenvalue weighted by Crippen LogP contribution is 2.42. The van der Waals surface area contributed by atoms with E-state index in [2.05, 4.69) is 31.3 Å². The Balaban J connectivity index is 3.49. The highest BCUT2D eigenvalue weighted by atomic mass is 31.2. The van der Waals surface area contributed by atoms with E-state index in [1.54, 1.807) is 0 Å². The summed E-state index contributed by atoms with van der Waals surface area (Å²) < 4.78 is 27.0. The average molecular weight is 928 g/mol. The quantitative estimate of drug-likeness (QED) is 0.0238. The normalized spacial score (nSPS) is 13.1. The number of phosphoric ester groups is 1. The minimum absolute atomic E-state index is 0.0848. The van der Waals surface area contributed by atoms with Crippen molar-refractivity contribution in [2.24, 2.45) is 0 Å². The van der Waals surface area contributed by atoms with E-state index in [1.807, 2.05) is 0 Å². The summed E-state index contributed by atoms with van der Waals surface area (Å²) >= 11 is 0. The minimum Gasteiger partial charge on any atom is -0.463 e. The number of rotatable bonds is 53. The number of carbonyl (C=O) groups is 2. The molecule has 0 aromatic heterocycles. The van der Waals surface area contributed by atoms with Crippen LogP contribution in [-0.2, 0) is 27.9 Å². The number of aliphatic hydroxyl groups excluding tert-OH is 1. The van der Waals surface area contributed by atoms with E-state index in [4.69, 9.17) is 13.8 Å². The number of esters is 1. The highest BCUT2D eigenvalue weighted by molar-refractivity contribution is 7.47. The van der Waals surface area contributed by atoms with Crippen LogP contribution in [-0.4, -0.2) is 54.3 Å². The predicted molar refractivity (Wildman–Crippen MR) is 271 cm³/mol. The van der Waals surface area contributed by atoms with Gasteiger partial charge in [0.25, 0.3) is 0 Å². The van der Waals surface area contributed by atoms with Crippen LogP contribution in [0, 0.1) is 0 Å². The molecule has 0 radical (unpaired) electrons. The topological polar surface area (TPSA) is 131 Å². The largest absolute Gasteiger partial charge is 0.472 e. The van der Waals surface area contributed by atoms with Gasteiger partial charge in [0, 0.05) is 19.4 Å². The van der Waals surface area contributed by atoms with Gasteiger partial charge in [0.1, 0.15) is 12.7 Å². The van der Waals surface area contributed by atoms with Crippen molar-refractivity contribution in [2.45, 2.75) is 296 Å². The van der Waals surface area contributed by atoms with Gasteiger partial charge in [-0.1, -0.05) is 251 Å². The molecule has 0 fully saturated rings. The number of nitrogens with one attached hydrogen (secondary N) is 1. The molecule has 0 aromatic carbocycles. The molecular weight excluding hydrogens is 822 g/mol. The Hall–Kier alpha value is -1.25. The third kappa shape index (κ3) is 51.7. The second-order valence-corrected chi connectivity index (χ2v) is 20.4. The van der Waals surface area contributed by atoms with E-state index in [9.17, 15) is 24.2 Å². The van der Waals surface area contributed by atoms with Crippen LogP contribution in [0.1, 0.15) is 290 Å². The standard InChI is InChI=1S/C54H106NO8P/c1-3-5-7-9-11-13-15-17-19-21-23-24-25-26-27-29-31-33-35-37-39-41-43-45-47-54(58)61-50-52(56)51-63-64(59,60)62-49-48-55-53(57)46-44-42-40-38-36-34-32-30-28-22-20-18-16-14-12-10-8-6-4-2/h18,20,52,56H,3-17,19,21-51H2,1-2H3,(H,55,57)(H,59,60)/b20-18+. The van der Waals surface area contributed by atoms with Crippen molar-refractivity contribution >= 4 is 19.7 Å². The van der Waals surface area contributed by atoms with Crippen LogP contribution >= 0.6 is 7.82 Å². The van der Waals surface area contributed by atoms with Gasteiger partial charge in [0.05, 0.1) is 13.2 Å². The summed E-state index contributed by atoms with van der Waals surface area (Å²) in [7, 11) is -4.42. The minimum atomic E-state index is -4.42. The second-order valence-electron chi connectivity index (χ2n) is 18.9. The number of ether oxygens (including phenoxy) is 1. The molecule has 0 bridgehead atoms. The molecule has 0 heterocycles. The summed E-state index contributed by atoms with van der Waals surface area (Å²) in [6, 6.07) is 0. The van der Waals surface area contributed by atoms with Crippen LogP contribution in [0.4, 0.5) is 0 Å². The van der Waals surface area contributed by atoms with Crippen molar-refractivity contribution in [1.29, 1.82) is 0 Å². The van der Waals surface area contributed by atoms with E-state index in [1.165, 1.54) is 225 Å². The third-order valence-corrected chi connectivity index (χ3v) is 13.4. The zero-order valence-electron chi connectivity index (χ0n) is 42.3. The molecule has 0 spiro atoms. The first kappa shape index (κ1) is 62.8. The summed E-state index contributed by atoms with van der Waals surface area (Å²) in [5, 5.41) is 12.8. The number of allylic oxidation sites excluding steroid dienone is 2. The van der Waals surface area contributed by atoms with Crippen LogP contribution in [0.25, 0.3) is 0 Å². The summed E-state index contributed by atoms with van der Waals surface area (Å²) in [4.78, 5) is 34.1. The Kier molecular flexibility index (Phi) is 50.1.